The Kier molecular flexibility index (Phi) is 15.1. The Hall–Kier alpha value is -1.06. The van der Waals surface area contributed by atoms with Crippen LogP contribution in [0.2, 0.25) is 0 Å². The van der Waals surface area contributed by atoms with Crippen LogP contribution in [0.25, 0.3) is 0 Å². The first-order chi connectivity index (χ1) is 11.1. The molecule has 0 amide bonds. The van der Waals surface area contributed by atoms with Crippen molar-refractivity contribution in [1.29, 1.82) is 0 Å². The van der Waals surface area contributed by atoms with Gasteiger partial charge < -0.3 is 9.47 Å². The average Bonchev–Trinajstić information content (AvgIpc) is 2.55. The lowest BCUT2D eigenvalue weighted by molar-refractivity contribution is -0.145. The van der Waals surface area contributed by atoms with E-state index in [9.17, 15) is 9.59 Å². The van der Waals surface area contributed by atoms with Crippen molar-refractivity contribution >= 4 is 11.9 Å². The molecule has 0 saturated heterocycles. The van der Waals surface area contributed by atoms with Crippen molar-refractivity contribution in [1.82, 2.24) is 0 Å². The molecule has 0 aromatic rings. The lowest BCUT2D eigenvalue weighted by atomic mass is 10.0. The van der Waals surface area contributed by atoms with Crippen molar-refractivity contribution in [2.75, 3.05) is 13.2 Å². The third-order valence-electron chi connectivity index (χ3n) is 4.05. The van der Waals surface area contributed by atoms with E-state index in [4.69, 9.17) is 9.47 Å². The third kappa shape index (κ3) is 14.3. The summed E-state index contributed by atoms with van der Waals surface area (Å²) in [7, 11) is 0. The van der Waals surface area contributed by atoms with Gasteiger partial charge in [-0.05, 0) is 31.6 Å². The van der Waals surface area contributed by atoms with E-state index in [-0.39, 0.29) is 11.9 Å². The van der Waals surface area contributed by atoms with Crippen LogP contribution in [0, 0.1) is 5.92 Å². The molecule has 0 N–H and O–H groups in total. The topological polar surface area (TPSA) is 52.6 Å². The van der Waals surface area contributed by atoms with Crippen molar-refractivity contribution in [2.45, 2.75) is 91.4 Å². The second-order valence-electron chi connectivity index (χ2n) is 6.23. The molecular formula is C19H36O4. The number of hydrogen-bond acceptors (Lipinski definition) is 4. The number of ether oxygens (including phenoxy) is 2. The summed E-state index contributed by atoms with van der Waals surface area (Å²) in [6, 6.07) is 0. The zero-order valence-electron chi connectivity index (χ0n) is 15.4. The van der Waals surface area contributed by atoms with Crippen LogP contribution in [0.4, 0.5) is 0 Å². The Morgan fingerprint density at radius 2 is 1.39 bits per heavy atom. The van der Waals surface area contributed by atoms with Gasteiger partial charge in [-0.1, -0.05) is 52.9 Å². The molecule has 0 aliphatic heterocycles. The Bertz CT molecular complexity index is 302. The fourth-order valence-corrected chi connectivity index (χ4v) is 2.30. The summed E-state index contributed by atoms with van der Waals surface area (Å²) < 4.78 is 10.4. The highest BCUT2D eigenvalue weighted by Gasteiger charge is 2.10. The quantitative estimate of drug-likeness (QED) is 0.312. The monoisotopic (exact) mass is 328 g/mol. The molecule has 0 aromatic carbocycles. The van der Waals surface area contributed by atoms with Crippen molar-refractivity contribution in [3.63, 3.8) is 0 Å². The largest absolute Gasteiger partial charge is 0.466 e. The zero-order valence-corrected chi connectivity index (χ0v) is 15.4. The summed E-state index contributed by atoms with van der Waals surface area (Å²) in [5.74, 6) is 0.269. The summed E-state index contributed by atoms with van der Waals surface area (Å²) in [4.78, 5) is 23.1. The summed E-state index contributed by atoms with van der Waals surface area (Å²) in [6.07, 6.45) is 9.89. The van der Waals surface area contributed by atoms with Crippen molar-refractivity contribution in [3.05, 3.63) is 0 Å². The molecule has 136 valence electrons. The van der Waals surface area contributed by atoms with Crippen LogP contribution in [0.1, 0.15) is 91.4 Å². The van der Waals surface area contributed by atoms with Gasteiger partial charge in [0.15, 0.2) is 0 Å². The smallest absolute Gasteiger partial charge is 0.305 e. The van der Waals surface area contributed by atoms with Gasteiger partial charge in [-0.2, -0.15) is 0 Å². The van der Waals surface area contributed by atoms with Gasteiger partial charge in [0, 0.05) is 12.8 Å². The predicted octanol–water partition coefficient (Wildman–Crippen LogP) is 5.04. The zero-order chi connectivity index (χ0) is 17.3. The minimum Gasteiger partial charge on any atom is -0.466 e. The van der Waals surface area contributed by atoms with Gasteiger partial charge in [-0.3, -0.25) is 9.59 Å². The van der Waals surface area contributed by atoms with E-state index in [1.165, 1.54) is 12.8 Å². The Morgan fingerprint density at radius 1 is 0.783 bits per heavy atom. The highest BCUT2D eigenvalue weighted by atomic mass is 16.5. The molecule has 0 rings (SSSR count). The van der Waals surface area contributed by atoms with Crippen LogP contribution in [0.15, 0.2) is 0 Å². The maximum Gasteiger partial charge on any atom is 0.305 e. The number of carbonyl (C=O) groups excluding carboxylic acids is 2. The van der Waals surface area contributed by atoms with Crippen LogP contribution in [-0.4, -0.2) is 25.2 Å². The van der Waals surface area contributed by atoms with Crippen molar-refractivity contribution in [2.24, 2.45) is 5.92 Å². The number of carbonyl (C=O) groups is 2. The van der Waals surface area contributed by atoms with Crippen molar-refractivity contribution < 1.29 is 19.1 Å². The summed E-state index contributed by atoms with van der Waals surface area (Å²) >= 11 is 0. The number of hydrogen-bond donors (Lipinski definition) is 0. The Balaban J connectivity index is 3.53. The van der Waals surface area contributed by atoms with Gasteiger partial charge in [0.05, 0.1) is 13.2 Å². The SMILES string of the molecule is CCCCOC(=O)CCCCCC(=O)OCC(CC)CCCC. The van der Waals surface area contributed by atoms with E-state index in [2.05, 4.69) is 20.8 Å². The van der Waals surface area contributed by atoms with Gasteiger partial charge in [-0.25, -0.2) is 0 Å². The minimum absolute atomic E-state index is 0.106. The first-order valence-corrected chi connectivity index (χ1v) is 9.45. The van der Waals surface area contributed by atoms with E-state index in [1.807, 2.05) is 0 Å². The first kappa shape index (κ1) is 21.9. The lowest BCUT2D eigenvalue weighted by Gasteiger charge is -2.14. The molecule has 1 unspecified atom stereocenters. The minimum atomic E-state index is -0.122. The van der Waals surface area contributed by atoms with Crippen LogP contribution < -0.4 is 0 Å². The van der Waals surface area contributed by atoms with E-state index in [0.29, 0.717) is 32.0 Å². The number of rotatable bonds is 15. The Morgan fingerprint density at radius 3 is 1.96 bits per heavy atom. The fourth-order valence-electron chi connectivity index (χ4n) is 2.30. The highest BCUT2D eigenvalue weighted by molar-refractivity contribution is 5.69. The number of unbranched alkanes of at least 4 members (excludes halogenated alkanes) is 4. The molecule has 0 fully saturated rings. The molecular weight excluding hydrogens is 292 g/mol. The molecule has 0 spiro atoms. The molecule has 4 heteroatoms. The molecule has 0 heterocycles. The highest BCUT2D eigenvalue weighted by Crippen LogP contribution is 2.13. The molecule has 23 heavy (non-hydrogen) atoms. The lowest BCUT2D eigenvalue weighted by Crippen LogP contribution is -2.13. The molecule has 0 bridgehead atoms. The van der Waals surface area contributed by atoms with Gasteiger partial charge in [-0.15, -0.1) is 0 Å². The second kappa shape index (κ2) is 15.8. The van der Waals surface area contributed by atoms with E-state index in [1.54, 1.807) is 0 Å². The second-order valence-corrected chi connectivity index (χ2v) is 6.23. The average molecular weight is 328 g/mol. The van der Waals surface area contributed by atoms with Gasteiger partial charge in [0.1, 0.15) is 0 Å². The third-order valence-corrected chi connectivity index (χ3v) is 4.05. The van der Waals surface area contributed by atoms with Crippen molar-refractivity contribution in [3.8, 4) is 0 Å². The predicted molar refractivity (Wildman–Crippen MR) is 93.2 cm³/mol. The van der Waals surface area contributed by atoms with Crippen LogP contribution in [-0.2, 0) is 19.1 Å². The van der Waals surface area contributed by atoms with Crippen LogP contribution >= 0.6 is 0 Å². The molecule has 0 aromatic heterocycles. The van der Waals surface area contributed by atoms with Gasteiger partial charge in [0.2, 0.25) is 0 Å². The van der Waals surface area contributed by atoms with Gasteiger partial charge in [0.25, 0.3) is 0 Å². The standard InChI is InChI=1S/C19H36O4/c1-4-7-12-17(6-3)16-23-19(21)14-11-9-10-13-18(20)22-15-8-5-2/h17H,4-16H2,1-3H3. The Labute approximate surface area is 142 Å². The fraction of sp³-hybridized carbons (Fsp3) is 0.895. The molecule has 0 radical (unpaired) electrons. The molecule has 1 atom stereocenters. The molecule has 0 saturated carbocycles. The van der Waals surface area contributed by atoms with Gasteiger partial charge >= 0.3 is 11.9 Å². The molecule has 4 nitrogen and oxygen atoms in total. The maximum absolute atomic E-state index is 11.7. The summed E-state index contributed by atoms with van der Waals surface area (Å²) in [6.45, 7) is 7.48. The normalized spacial score (nSPS) is 12.0. The summed E-state index contributed by atoms with van der Waals surface area (Å²) in [5, 5.41) is 0. The van der Waals surface area contributed by atoms with E-state index < -0.39 is 0 Å². The van der Waals surface area contributed by atoms with Crippen LogP contribution in [0.3, 0.4) is 0 Å². The van der Waals surface area contributed by atoms with E-state index in [0.717, 1.165) is 44.9 Å². The molecule has 0 aliphatic carbocycles. The first-order valence-electron chi connectivity index (χ1n) is 9.45. The molecule has 0 aliphatic rings. The maximum atomic E-state index is 11.7. The van der Waals surface area contributed by atoms with E-state index >= 15 is 0 Å². The summed E-state index contributed by atoms with van der Waals surface area (Å²) in [5.41, 5.74) is 0. The van der Waals surface area contributed by atoms with Crippen LogP contribution in [0.5, 0.6) is 0 Å². The number of esters is 2.